The Morgan fingerprint density at radius 1 is 1.24 bits per heavy atom. The second-order valence-corrected chi connectivity index (χ2v) is 6.87. The molecule has 0 radical (unpaired) electrons. The van der Waals surface area contributed by atoms with Crippen LogP contribution in [0.4, 0.5) is 0 Å². The topological polar surface area (TPSA) is 66.4 Å². The minimum atomic E-state index is -3.58. The van der Waals surface area contributed by atoms with Gasteiger partial charge in [-0.25, -0.2) is 8.42 Å². The molecule has 94 valence electrons. The molecule has 0 spiro atoms. The van der Waals surface area contributed by atoms with Crippen LogP contribution in [-0.2, 0) is 9.84 Å². The van der Waals surface area contributed by atoms with Gasteiger partial charge in [0.2, 0.25) is 0 Å². The van der Waals surface area contributed by atoms with Crippen molar-refractivity contribution < 1.29 is 13.5 Å². The first kappa shape index (κ1) is 13.1. The van der Waals surface area contributed by atoms with Crippen LogP contribution in [0.2, 0.25) is 10.0 Å². The molecule has 4 nitrogen and oxygen atoms in total. The molecular weight excluding hydrogens is 285 g/mol. The predicted molar refractivity (Wildman–Crippen MR) is 66.3 cm³/mol. The van der Waals surface area contributed by atoms with E-state index in [0.717, 1.165) is 0 Å². The molecular formula is C10H11Cl2NO3S. The van der Waals surface area contributed by atoms with Crippen molar-refractivity contribution in [2.75, 3.05) is 13.1 Å². The summed E-state index contributed by atoms with van der Waals surface area (Å²) in [7, 11) is -3.58. The Balaban J connectivity index is 2.41. The number of benzene rings is 1. The summed E-state index contributed by atoms with van der Waals surface area (Å²) in [6, 6.07) is 4.14. The summed E-state index contributed by atoms with van der Waals surface area (Å²) in [5.74, 6) is 0. The van der Waals surface area contributed by atoms with Crippen LogP contribution in [0.1, 0.15) is 0 Å². The fraction of sp³-hybridized carbons (Fsp3) is 0.400. The minimum Gasteiger partial charge on any atom is -0.390 e. The van der Waals surface area contributed by atoms with Gasteiger partial charge in [0.1, 0.15) is 5.25 Å². The van der Waals surface area contributed by atoms with E-state index in [1.54, 1.807) is 0 Å². The maximum Gasteiger partial charge on any atom is 0.185 e. The van der Waals surface area contributed by atoms with Crippen molar-refractivity contribution >= 4 is 33.0 Å². The number of sulfone groups is 1. The van der Waals surface area contributed by atoms with E-state index in [1.807, 2.05) is 0 Å². The quantitative estimate of drug-likeness (QED) is 0.857. The van der Waals surface area contributed by atoms with Crippen LogP contribution in [0.25, 0.3) is 0 Å². The lowest BCUT2D eigenvalue weighted by Gasteiger charge is -2.14. The highest BCUT2D eigenvalue weighted by Crippen LogP contribution is 2.28. The summed E-state index contributed by atoms with van der Waals surface area (Å²) in [6.45, 7) is 0.523. The van der Waals surface area contributed by atoms with Gasteiger partial charge in [-0.15, -0.1) is 0 Å². The molecule has 2 rings (SSSR count). The first-order valence-corrected chi connectivity index (χ1v) is 7.31. The lowest BCUT2D eigenvalue weighted by Crippen LogP contribution is -2.32. The second-order valence-electron chi connectivity index (χ2n) is 3.88. The lowest BCUT2D eigenvalue weighted by molar-refractivity contribution is 0.198. The first-order chi connectivity index (χ1) is 7.93. The number of hydrogen-bond acceptors (Lipinski definition) is 4. The van der Waals surface area contributed by atoms with E-state index in [4.69, 9.17) is 23.2 Å². The molecule has 0 saturated carbocycles. The van der Waals surface area contributed by atoms with Gasteiger partial charge in [-0.1, -0.05) is 23.2 Å². The SMILES string of the molecule is O=S(=O)(c1ccc(Cl)c(Cl)c1)[C@H]1CNC[C@@H]1O. The van der Waals surface area contributed by atoms with Crippen LogP contribution in [0.5, 0.6) is 0 Å². The Morgan fingerprint density at radius 2 is 1.94 bits per heavy atom. The number of aliphatic hydroxyl groups is 1. The van der Waals surface area contributed by atoms with Crippen molar-refractivity contribution in [1.29, 1.82) is 0 Å². The number of rotatable bonds is 2. The van der Waals surface area contributed by atoms with Crippen LogP contribution in [0.15, 0.2) is 23.1 Å². The van der Waals surface area contributed by atoms with E-state index >= 15 is 0 Å². The zero-order valence-corrected chi connectivity index (χ0v) is 11.1. The molecule has 1 aromatic rings. The standard InChI is InChI=1S/C10H11Cl2NO3S/c11-7-2-1-6(3-8(7)12)17(15,16)10-5-13-4-9(10)14/h1-3,9-10,13-14H,4-5H2/t9-,10-/m0/s1. The molecule has 1 aromatic carbocycles. The molecule has 1 aliphatic rings. The third-order valence-corrected chi connectivity index (χ3v) is 5.67. The highest BCUT2D eigenvalue weighted by molar-refractivity contribution is 7.92. The average molecular weight is 296 g/mol. The molecule has 1 aliphatic heterocycles. The molecule has 0 aromatic heterocycles. The smallest absolute Gasteiger partial charge is 0.185 e. The van der Waals surface area contributed by atoms with Gasteiger partial charge in [0.25, 0.3) is 0 Å². The summed E-state index contributed by atoms with van der Waals surface area (Å²) >= 11 is 11.5. The van der Waals surface area contributed by atoms with Gasteiger partial charge in [0.15, 0.2) is 9.84 Å². The fourth-order valence-corrected chi connectivity index (χ4v) is 3.89. The molecule has 1 heterocycles. The molecule has 1 fully saturated rings. The van der Waals surface area contributed by atoms with Gasteiger partial charge < -0.3 is 10.4 Å². The molecule has 0 unspecified atom stereocenters. The minimum absolute atomic E-state index is 0.0830. The third kappa shape index (κ3) is 2.44. The number of nitrogens with one attached hydrogen (secondary N) is 1. The third-order valence-electron chi connectivity index (χ3n) is 2.75. The molecule has 2 atom stereocenters. The number of aliphatic hydroxyl groups excluding tert-OH is 1. The lowest BCUT2D eigenvalue weighted by atomic mass is 10.3. The van der Waals surface area contributed by atoms with Crippen LogP contribution in [0, 0.1) is 0 Å². The summed E-state index contributed by atoms with van der Waals surface area (Å²) in [6.07, 6.45) is -0.894. The van der Waals surface area contributed by atoms with E-state index in [2.05, 4.69) is 5.32 Å². The predicted octanol–water partition coefficient (Wildman–Crippen LogP) is 1.10. The summed E-state index contributed by atoms with van der Waals surface area (Å²) in [5, 5.41) is 12.1. The summed E-state index contributed by atoms with van der Waals surface area (Å²) in [4.78, 5) is 0.0830. The molecule has 2 N–H and O–H groups in total. The fourth-order valence-electron chi connectivity index (χ4n) is 1.79. The zero-order chi connectivity index (χ0) is 12.6. The number of β-amino-alcohol motifs (C(OH)–C–C–N with tert-alkyl or cyclic N) is 1. The van der Waals surface area contributed by atoms with Crippen molar-refractivity contribution in [3.05, 3.63) is 28.2 Å². The Kier molecular flexibility index (Phi) is 3.66. The van der Waals surface area contributed by atoms with E-state index in [9.17, 15) is 13.5 Å². The highest BCUT2D eigenvalue weighted by Gasteiger charge is 2.37. The van der Waals surface area contributed by atoms with Crippen LogP contribution < -0.4 is 5.32 Å². The van der Waals surface area contributed by atoms with Gasteiger partial charge in [-0.2, -0.15) is 0 Å². The first-order valence-electron chi connectivity index (χ1n) is 5.00. The van der Waals surface area contributed by atoms with Crippen molar-refractivity contribution in [3.63, 3.8) is 0 Å². The second kappa shape index (κ2) is 4.74. The van der Waals surface area contributed by atoms with Gasteiger partial charge >= 0.3 is 0 Å². The van der Waals surface area contributed by atoms with E-state index in [1.165, 1.54) is 18.2 Å². The molecule has 0 aliphatic carbocycles. The molecule has 0 amide bonds. The summed E-state index contributed by atoms with van der Waals surface area (Å²) < 4.78 is 24.4. The molecule has 1 saturated heterocycles. The normalized spacial score (nSPS) is 25.1. The van der Waals surface area contributed by atoms with Crippen LogP contribution in [0.3, 0.4) is 0 Å². The van der Waals surface area contributed by atoms with Gasteiger partial charge in [0.05, 0.1) is 21.0 Å². The van der Waals surface area contributed by atoms with Gasteiger partial charge in [-0.3, -0.25) is 0 Å². The van der Waals surface area contributed by atoms with E-state index < -0.39 is 21.2 Å². The largest absolute Gasteiger partial charge is 0.390 e. The van der Waals surface area contributed by atoms with Gasteiger partial charge in [-0.05, 0) is 18.2 Å². The molecule has 0 bridgehead atoms. The maximum absolute atomic E-state index is 12.2. The Hall–Kier alpha value is -0.330. The zero-order valence-electron chi connectivity index (χ0n) is 8.73. The molecule has 17 heavy (non-hydrogen) atoms. The average Bonchev–Trinajstić information content (AvgIpc) is 2.69. The van der Waals surface area contributed by atoms with Crippen molar-refractivity contribution in [2.24, 2.45) is 0 Å². The van der Waals surface area contributed by atoms with E-state index in [-0.39, 0.29) is 23.0 Å². The maximum atomic E-state index is 12.2. The van der Waals surface area contributed by atoms with E-state index in [0.29, 0.717) is 5.02 Å². The van der Waals surface area contributed by atoms with Crippen molar-refractivity contribution in [3.8, 4) is 0 Å². The van der Waals surface area contributed by atoms with Crippen molar-refractivity contribution in [2.45, 2.75) is 16.2 Å². The van der Waals surface area contributed by atoms with Crippen LogP contribution in [-0.4, -0.2) is 38.0 Å². The Morgan fingerprint density at radius 3 is 2.47 bits per heavy atom. The van der Waals surface area contributed by atoms with Crippen molar-refractivity contribution in [1.82, 2.24) is 5.32 Å². The number of halogens is 2. The van der Waals surface area contributed by atoms with Crippen LogP contribution >= 0.6 is 23.2 Å². The molecule has 7 heteroatoms. The van der Waals surface area contributed by atoms with Gasteiger partial charge in [0, 0.05) is 13.1 Å². The Labute approximate surface area is 109 Å². The monoisotopic (exact) mass is 295 g/mol. The Bertz CT molecular complexity index is 532. The summed E-state index contributed by atoms with van der Waals surface area (Å²) in [5.41, 5.74) is 0. The number of hydrogen-bond donors (Lipinski definition) is 2. The highest BCUT2D eigenvalue weighted by atomic mass is 35.5.